The number of nitrogens with zero attached hydrogens (tertiary/aromatic N) is 1. The average Bonchev–Trinajstić information content (AvgIpc) is 2.98. The van der Waals surface area contributed by atoms with Gasteiger partial charge in [-0.25, -0.2) is 0 Å². The third-order valence-electron chi connectivity index (χ3n) is 5.14. The van der Waals surface area contributed by atoms with Crippen LogP contribution in [0.2, 0.25) is 0 Å². The highest BCUT2D eigenvalue weighted by atomic mass is 79.9. The molecule has 27 heavy (non-hydrogen) atoms. The van der Waals surface area contributed by atoms with Crippen LogP contribution in [0.4, 0.5) is 0 Å². The SMILES string of the molecule is COc1ccc([C@@H](CNC(=O)c2ccc(Br)cc2)N2CCCCCC2)cc1. The Morgan fingerprint density at radius 3 is 2.26 bits per heavy atom. The van der Waals surface area contributed by atoms with E-state index in [4.69, 9.17) is 4.74 Å². The smallest absolute Gasteiger partial charge is 0.251 e. The number of hydrogen-bond donors (Lipinski definition) is 1. The second-order valence-electron chi connectivity index (χ2n) is 6.96. The van der Waals surface area contributed by atoms with Crippen molar-refractivity contribution in [3.8, 4) is 5.75 Å². The Hall–Kier alpha value is -1.85. The molecule has 0 unspecified atom stereocenters. The van der Waals surface area contributed by atoms with Crippen LogP contribution in [-0.4, -0.2) is 37.6 Å². The number of hydrogen-bond acceptors (Lipinski definition) is 3. The summed E-state index contributed by atoms with van der Waals surface area (Å²) in [5, 5.41) is 3.14. The molecule has 5 heteroatoms. The number of nitrogens with one attached hydrogen (secondary N) is 1. The first-order valence-corrected chi connectivity index (χ1v) is 10.4. The maximum atomic E-state index is 12.6. The number of halogens is 1. The van der Waals surface area contributed by atoms with E-state index in [-0.39, 0.29) is 11.9 Å². The van der Waals surface area contributed by atoms with Crippen molar-refractivity contribution in [1.29, 1.82) is 0 Å². The Bertz CT molecular complexity index is 723. The molecule has 0 aromatic heterocycles. The summed E-state index contributed by atoms with van der Waals surface area (Å²) in [6.45, 7) is 2.75. The Balaban J connectivity index is 1.73. The predicted molar refractivity (Wildman–Crippen MR) is 112 cm³/mol. The fourth-order valence-electron chi connectivity index (χ4n) is 3.58. The lowest BCUT2D eigenvalue weighted by Gasteiger charge is -2.31. The highest BCUT2D eigenvalue weighted by Gasteiger charge is 2.22. The molecule has 1 aliphatic heterocycles. The zero-order valence-corrected chi connectivity index (χ0v) is 17.4. The lowest BCUT2D eigenvalue weighted by atomic mass is 10.0. The van der Waals surface area contributed by atoms with Gasteiger partial charge in [0.2, 0.25) is 0 Å². The highest BCUT2D eigenvalue weighted by Crippen LogP contribution is 2.25. The second-order valence-corrected chi connectivity index (χ2v) is 7.87. The van der Waals surface area contributed by atoms with E-state index >= 15 is 0 Å². The van der Waals surface area contributed by atoms with E-state index in [2.05, 4.69) is 38.3 Å². The van der Waals surface area contributed by atoms with E-state index in [0.29, 0.717) is 12.1 Å². The van der Waals surface area contributed by atoms with E-state index in [1.54, 1.807) is 7.11 Å². The second kappa shape index (κ2) is 9.90. The van der Waals surface area contributed by atoms with Gasteiger partial charge in [0.1, 0.15) is 5.75 Å². The molecule has 1 heterocycles. The summed E-state index contributed by atoms with van der Waals surface area (Å²) in [6, 6.07) is 15.9. The molecule has 0 bridgehead atoms. The normalized spacial score (nSPS) is 16.4. The van der Waals surface area contributed by atoms with Crippen LogP contribution in [0.15, 0.2) is 53.0 Å². The molecule has 1 N–H and O–H groups in total. The van der Waals surface area contributed by atoms with Crippen LogP contribution in [0.25, 0.3) is 0 Å². The summed E-state index contributed by atoms with van der Waals surface area (Å²) >= 11 is 3.41. The molecule has 3 rings (SSSR count). The van der Waals surface area contributed by atoms with Gasteiger partial charge in [-0.05, 0) is 67.9 Å². The van der Waals surface area contributed by atoms with Gasteiger partial charge in [0.25, 0.3) is 5.91 Å². The van der Waals surface area contributed by atoms with Crippen molar-refractivity contribution in [1.82, 2.24) is 10.2 Å². The molecule has 1 aliphatic rings. The lowest BCUT2D eigenvalue weighted by Crippen LogP contribution is -2.38. The molecule has 1 fully saturated rings. The maximum Gasteiger partial charge on any atom is 0.251 e. The van der Waals surface area contributed by atoms with Crippen LogP contribution in [0.3, 0.4) is 0 Å². The van der Waals surface area contributed by atoms with E-state index < -0.39 is 0 Å². The van der Waals surface area contributed by atoms with E-state index in [1.165, 1.54) is 31.2 Å². The number of carbonyl (C=O) groups excluding carboxylic acids is 1. The van der Waals surface area contributed by atoms with Crippen molar-refractivity contribution in [2.24, 2.45) is 0 Å². The minimum absolute atomic E-state index is 0.0316. The van der Waals surface area contributed by atoms with Crippen molar-refractivity contribution in [3.63, 3.8) is 0 Å². The number of carbonyl (C=O) groups is 1. The standard InChI is InChI=1S/C22H27BrN2O2/c1-27-20-12-8-17(9-13-20)21(25-14-4-2-3-5-15-25)16-24-22(26)18-6-10-19(23)11-7-18/h6-13,21H,2-5,14-16H2,1H3,(H,24,26)/t21-/m1/s1. The van der Waals surface area contributed by atoms with E-state index in [0.717, 1.165) is 23.3 Å². The van der Waals surface area contributed by atoms with Crippen molar-refractivity contribution in [2.75, 3.05) is 26.7 Å². The monoisotopic (exact) mass is 430 g/mol. The van der Waals surface area contributed by atoms with Gasteiger partial charge in [-0.2, -0.15) is 0 Å². The zero-order valence-electron chi connectivity index (χ0n) is 15.8. The highest BCUT2D eigenvalue weighted by molar-refractivity contribution is 9.10. The molecule has 2 aromatic rings. The summed E-state index contributed by atoms with van der Waals surface area (Å²) in [5.74, 6) is 0.822. The van der Waals surface area contributed by atoms with Gasteiger partial charge in [0, 0.05) is 16.6 Å². The van der Waals surface area contributed by atoms with Crippen molar-refractivity contribution in [3.05, 3.63) is 64.1 Å². The Kier molecular flexibility index (Phi) is 7.30. The van der Waals surface area contributed by atoms with Gasteiger partial charge < -0.3 is 10.1 Å². The van der Waals surface area contributed by atoms with Crippen LogP contribution < -0.4 is 10.1 Å². The van der Waals surface area contributed by atoms with Gasteiger partial charge in [0.05, 0.1) is 13.2 Å². The Morgan fingerprint density at radius 2 is 1.67 bits per heavy atom. The summed E-state index contributed by atoms with van der Waals surface area (Å²) in [7, 11) is 1.68. The minimum atomic E-state index is -0.0316. The Morgan fingerprint density at radius 1 is 1.04 bits per heavy atom. The predicted octanol–water partition coefficient (Wildman–Crippen LogP) is 4.80. The number of amides is 1. The van der Waals surface area contributed by atoms with Crippen LogP contribution >= 0.6 is 15.9 Å². The summed E-state index contributed by atoms with van der Waals surface area (Å²) in [5.41, 5.74) is 1.90. The fourth-order valence-corrected chi connectivity index (χ4v) is 3.85. The minimum Gasteiger partial charge on any atom is -0.497 e. The van der Waals surface area contributed by atoms with Gasteiger partial charge in [-0.15, -0.1) is 0 Å². The topological polar surface area (TPSA) is 41.6 Å². The van der Waals surface area contributed by atoms with Crippen molar-refractivity contribution >= 4 is 21.8 Å². The third kappa shape index (κ3) is 5.56. The molecule has 0 spiro atoms. The van der Waals surface area contributed by atoms with Gasteiger partial charge >= 0.3 is 0 Å². The molecule has 1 saturated heterocycles. The van der Waals surface area contributed by atoms with Gasteiger partial charge in [0.15, 0.2) is 0 Å². The Labute approximate surface area is 170 Å². The quantitative estimate of drug-likeness (QED) is 0.714. The average molecular weight is 431 g/mol. The molecule has 0 saturated carbocycles. The number of likely N-dealkylation sites (tertiary alicyclic amines) is 1. The molecular weight excluding hydrogens is 404 g/mol. The molecule has 0 radical (unpaired) electrons. The molecule has 144 valence electrons. The van der Waals surface area contributed by atoms with Crippen molar-refractivity contribution in [2.45, 2.75) is 31.7 Å². The number of ether oxygens (including phenoxy) is 1. The van der Waals surface area contributed by atoms with E-state index in [9.17, 15) is 4.79 Å². The first-order valence-electron chi connectivity index (χ1n) is 9.59. The van der Waals surface area contributed by atoms with Crippen LogP contribution in [0.5, 0.6) is 5.75 Å². The maximum absolute atomic E-state index is 12.6. The van der Waals surface area contributed by atoms with Crippen LogP contribution in [0.1, 0.15) is 47.6 Å². The molecule has 2 aromatic carbocycles. The summed E-state index contributed by atoms with van der Waals surface area (Å²) in [6.07, 6.45) is 5.01. The molecule has 1 atom stereocenters. The van der Waals surface area contributed by atoms with Crippen LogP contribution in [0, 0.1) is 0 Å². The fraction of sp³-hybridized carbons (Fsp3) is 0.409. The molecule has 1 amide bonds. The molecular formula is C22H27BrN2O2. The number of benzene rings is 2. The first kappa shape index (κ1) is 19.9. The summed E-state index contributed by atoms with van der Waals surface area (Å²) in [4.78, 5) is 15.1. The van der Waals surface area contributed by atoms with Gasteiger partial charge in [-0.3, -0.25) is 9.69 Å². The lowest BCUT2D eigenvalue weighted by molar-refractivity contribution is 0.0933. The van der Waals surface area contributed by atoms with Gasteiger partial charge in [-0.1, -0.05) is 40.9 Å². The summed E-state index contributed by atoms with van der Waals surface area (Å²) < 4.78 is 6.26. The van der Waals surface area contributed by atoms with Crippen LogP contribution in [-0.2, 0) is 0 Å². The largest absolute Gasteiger partial charge is 0.497 e. The van der Waals surface area contributed by atoms with Crippen molar-refractivity contribution < 1.29 is 9.53 Å². The number of rotatable bonds is 6. The first-order chi connectivity index (χ1) is 13.2. The molecule has 0 aliphatic carbocycles. The number of methoxy groups -OCH3 is 1. The zero-order chi connectivity index (χ0) is 19.1. The van der Waals surface area contributed by atoms with E-state index in [1.807, 2.05) is 36.4 Å². The third-order valence-corrected chi connectivity index (χ3v) is 5.67. The molecule has 4 nitrogen and oxygen atoms in total.